The molecule has 0 saturated carbocycles. The van der Waals surface area contributed by atoms with Crippen molar-refractivity contribution < 1.29 is 14.7 Å². The van der Waals surface area contributed by atoms with Crippen molar-refractivity contribution in [1.29, 1.82) is 0 Å². The summed E-state index contributed by atoms with van der Waals surface area (Å²) in [7, 11) is 0. The number of nitrogens with zero attached hydrogens (tertiary/aromatic N) is 1. The predicted molar refractivity (Wildman–Crippen MR) is 80.0 cm³/mol. The molecule has 2 rings (SSSR count). The van der Waals surface area contributed by atoms with E-state index in [9.17, 15) is 14.7 Å². The van der Waals surface area contributed by atoms with Crippen molar-refractivity contribution in [3.8, 4) is 0 Å². The number of piperidine rings is 1. The zero-order valence-corrected chi connectivity index (χ0v) is 13.0. The van der Waals surface area contributed by atoms with E-state index in [4.69, 9.17) is 0 Å². The zero-order chi connectivity index (χ0) is 14.8. The Bertz CT molecular complexity index is 381. The van der Waals surface area contributed by atoms with E-state index in [2.05, 4.69) is 5.32 Å². The summed E-state index contributed by atoms with van der Waals surface area (Å²) in [5.41, 5.74) is -0.370. The van der Waals surface area contributed by atoms with Crippen molar-refractivity contribution in [2.24, 2.45) is 11.3 Å². The summed E-state index contributed by atoms with van der Waals surface area (Å²) in [6.07, 6.45) is 2.84. The van der Waals surface area contributed by atoms with Crippen LogP contribution in [0.4, 0.5) is 4.79 Å². The summed E-state index contributed by atoms with van der Waals surface area (Å²) < 4.78 is 0. The highest BCUT2D eigenvalue weighted by atomic mass is 32.2. The number of nitrogens with one attached hydrogen (secondary N) is 1. The Labute approximate surface area is 124 Å². The van der Waals surface area contributed by atoms with Crippen LogP contribution >= 0.6 is 11.8 Å². The molecule has 2 N–H and O–H groups in total. The highest BCUT2D eigenvalue weighted by Gasteiger charge is 2.44. The summed E-state index contributed by atoms with van der Waals surface area (Å²) in [4.78, 5) is 25.3. The Morgan fingerprint density at radius 1 is 1.45 bits per heavy atom. The molecule has 2 aliphatic rings. The molecule has 2 amide bonds. The molecule has 2 aliphatic heterocycles. The number of aliphatic carboxylic acids is 1. The van der Waals surface area contributed by atoms with Crippen LogP contribution in [0.15, 0.2) is 0 Å². The van der Waals surface area contributed by atoms with E-state index in [1.807, 2.05) is 25.6 Å². The van der Waals surface area contributed by atoms with Crippen LogP contribution in [-0.4, -0.2) is 52.6 Å². The number of carboxylic acid groups (broad SMARTS) is 1. The quantitative estimate of drug-likeness (QED) is 0.836. The van der Waals surface area contributed by atoms with Crippen LogP contribution in [0.25, 0.3) is 0 Å². The molecule has 20 heavy (non-hydrogen) atoms. The van der Waals surface area contributed by atoms with Crippen molar-refractivity contribution >= 4 is 23.8 Å². The van der Waals surface area contributed by atoms with Gasteiger partial charge in [-0.25, -0.2) is 9.59 Å². The number of carbonyl (C=O) groups excluding carboxylic acids is 1. The lowest BCUT2D eigenvalue weighted by atomic mass is 9.76. The van der Waals surface area contributed by atoms with Crippen LogP contribution in [-0.2, 0) is 4.79 Å². The summed E-state index contributed by atoms with van der Waals surface area (Å²) in [5, 5.41) is 12.4. The molecule has 0 aromatic carbocycles. The summed E-state index contributed by atoms with van der Waals surface area (Å²) in [5.74, 6) is 1.88. The Hall–Kier alpha value is -0.910. The van der Waals surface area contributed by atoms with Crippen molar-refractivity contribution in [2.45, 2.75) is 39.2 Å². The average molecular weight is 300 g/mol. The molecule has 0 bridgehead atoms. The smallest absolute Gasteiger partial charge is 0.327 e. The topological polar surface area (TPSA) is 69.6 Å². The van der Waals surface area contributed by atoms with E-state index < -0.39 is 12.0 Å². The maximum Gasteiger partial charge on any atom is 0.327 e. The van der Waals surface area contributed by atoms with Crippen molar-refractivity contribution in [3.63, 3.8) is 0 Å². The number of thioether (sulfide) groups is 1. The molecule has 0 aliphatic carbocycles. The number of hydrogen-bond donors (Lipinski definition) is 2. The lowest BCUT2D eigenvalue weighted by Crippen LogP contribution is -2.59. The molecule has 0 aromatic rings. The first-order chi connectivity index (χ1) is 9.42. The van der Waals surface area contributed by atoms with E-state index in [-0.39, 0.29) is 11.4 Å². The number of likely N-dealkylation sites (tertiary alicyclic amines) is 1. The molecule has 114 valence electrons. The van der Waals surface area contributed by atoms with Gasteiger partial charge in [-0.3, -0.25) is 0 Å². The highest BCUT2D eigenvalue weighted by molar-refractivity contribution is 7.99. The van der Waals surface area contributed by atoms with Crippen LogP contribution in [0, 0.1) is 11.3 Å². The van der Waals surface area contributed by atoms with Gasteiger partial charge in [0.2, 0.25) is 0 Å². The Balaban J connectivity index is 1.97. The van der Waals surface area contributed by atoms with Gasteiger partial charge in [0, 0.05) is 13.1 Å². The first kappa shape index (κ1) is 15.5. The van der Waals surface area contributed by atoms with E-state index in [0.29, 0.717) is 19.0 Å². The summed E-state index contributed by atoms with van der Waals surface area (Å²) in [6.45, 7) is 5.05. The predicted octanol–water partition coefficient (Wildman–Crippen LogP) is 2.02. The third kappa shape index (κ3) is 3.40. The molecule has 0 radical (unpaired) electrons. The molecule has 5 nitrogen and oxygen atoms in total. The molecule has 2 heterocycles. The number of amides is 2. The minimum Gasteiger partial charge on any atom is -0.480 e. The Morgan fingerprint density at radius 2 is 2.20 bits per heavy atom. The number of hydrogen-bond acceptors (Lipinski definition) is 3. The maximum absolute atomic E-state index is 12.3. The summed E-state index contributed by atoms with van der Waals surface area (Å²) in [6, 6.07) is -0.948. The first-order valence-electron chi connectivity index (χ1n) is 7.27. The van der Waals surface area contributed by atoms with Crippen LogP contribution in [0.1, 0.15) is 33.1 Å². The third-order valence-electron chi connectivity index (χ3n) is 4.33. The molecule has 6 heteroatoms. The number of carboxylic acids is 1. The molecule has 0 aromatic heterocycles. The lowest BCUT2D eigenvalue weighted by Gasteiger charge is -2.43. The van der Waals surface area contributed by atoms with Crippen LogP contribution in [0.3, 0.4) is 0 Å². The van der Waals surface area contributed by atoms with Gasteiger partial charge in [0.1, 0.15) is 6.04 Å². The monoisotopic (exact) mass is 300 g/mol. The van der Waals surface area contributed by atoms with Gasteiger partial charge in [-0.2, -0.15) is 11.8 Å². The van der Waals surface area contributed by atoms with Gasteiger partial charge in [-0.05, 0) is 42.1 Å². The summed E-state index contributed by atoms with van der Waals surface area (Å²) >= 11 is 1.92. The van der Waals surface area contributed by atoms with Gasteiger partial charge in [0.05, 0.1) is 0 Å². The van der Waals surface area contributed by atoms with Crippen LogP contribution < -0.4 is 5.32 Å². The second-order valence-corrected chi connectivity index (χ2v) is 7.59. The largest absolute Gasteiger partial charge is 0.480 e. The fourth-order valence-electron chi connectivity index (χ4n) is 3.16. The van der Waals surface area contributed by atoms with Crippen molar-refractivity contribution in [3.05, 3.63) is 0 Å². The number of urea groups is 1. The van der Waals surface area contributed by atoms with Gasteiger partial charge in [-0.1, -0.05) is 13.8 Å². The lowest BCUT2D eigenvalue weighted by molar-refractivity contribution is -0.148. The van der Waals surface area contributed by atoms with Gasteiger partial charge in [-0.15, -0.1) is 0 Å². The Morgan fingerprint density at radius 3 is 2.80 bits per heavy atom. The maximum atomic E-state index is 12.3. The fraction of sp³-hybridized carbons (Fsp3) is 0.857. The molecule has 2 fully saturated rings. The van der Waals surface area contributed by atoms with Crippen LogP contribution in [0.2, 0.25) is 0 Å². The Kier molecular flexibility index (Phi) is 4.83. The third-order valence-corrected chi connectivity index (χ3v) is 5.56. The van der Waals surface area contributed by atoms with E-state index in [1.165, 1.54) is 4.90 Å². The van der Waals surface area contributed by atoms with E-state index >= 15 is 0 Å². The van der Waals surface area contributed by atoms with E-state index in [0.717, 1.165) is 30.8 Å². The fourth-order valence-corrected chi connectivity index (χ4v) is 4.44. The average Bonchev–Trinajstić information content (AvgIpc) is 2.86. The molecular weight excluding hydrogens is 276 g/mol. The van der Waals surface area contributed by atoms with Crippen molar-refractivity contribution in [1.82, 2.24) is 10.2 Å². The van der Waals surface area contributed by atoms with Gasteiger partial charge in [0.25, 0.3) is 0 Å². The van der Waals surface area contributed by atoms with Crippen molar-refractivity contribution in [2.75, 3.05) is 24.6 Å². The SMILES string of the molecule is CC1(C)CCCN(C(=O)NCC2CCSC2)C1C(=O)O. The number of rotatable bonds is 3. The molecule has 2 saturated heterocycles. The number of carbonyl (C=O) groups is 2. The minimum absolute atomic E-state index is 0.220. The zero-order valence-electron chi connectivity index (χ0n) is 12.2. The van der Waals surface area contributed by atoms with Gasteiger partial charge in [0.15, 0.2) is 0 Å². The molecular formula is C14H24N2O3S. The second kappa shape index (κ2) is 6.24. The van der Waals surface area contributed by atoms with Gasteiger partial charge < -0.3 is 15.3 Å². The van der Waals surface area contributed by atoms with E-state index in [1.54, 1.807) is 0 Å². The normalized spacial score (nSPS) is 29.2. The standard InChI is InChI=1S/C14H24N2O3S/c1-14(2)5-3-6-16(11(14)12(17)18)13(19)15-8-10-4-7-20-9-10/h10-11H,3-9H2,1-2H3,(H,15,19)(H,17,18). The second-order valence-electron chi connectivity index (χ2n) is 6.44. The van der Waals surface area contributed by atoms with Crippen LogP contribution in [0.5, 0.6) is 0 Å². The highest BCUT2D eigenvalue weighted by Crippen LogP contribution is 2.35. The first-order valence-corrected chi connectivity index (χ1v) is 8.42. The minimum atomic E-state index is -0.902. The van der Waals surface area contributed by atoms with Gasteiger partial charge >= 0.3 is 12.0 Å². The molecule has 2 unspecified atom stereocenters. The molecule has 2 atom stereocenters. The molecule has 0 spiro atoms.